The molecule has 1 unspecified atom stereocenters. The molecule has 0 aliphatic rings. The summed E-state index contributed by atoms with van der Waals surface area (Å²) in [5.41, 5.74) is 0. The summed E-state index contributed by atoms with van der Waals surface area (Å²) in [6.45, 7) is 3.13. The van der Waals surface area contributed by atoms with Gasteiger partial charge in [-0.15, -0.1) is 0 Å². The average molecular weight is 192 g/mol. The van der Waals surface area contributed by atoms with E-state index in [2.05, 4.69) is 9.78 Å². The van der Waals surface area contributed by atoms with E-state index in [1.54, 1.807) is 0 Å². The number of hydrogen-bond acceptors (Lipinski definition) is 5. The molecule has 0 amide bonds. The highest BCUT2D eigenvalue weighted by atomic mass is 17.2. The van der Waals surface area contributed by atoms with Crippen LogP contribution in [0.25, 0.3) is 0 Å². The first kappa shape index (κ1) is 12.3. The first-order chi connectivity index (χ1) is 6.06. The Bertz CT molecular complexity index is 145. The third-order valence-electron chi connectivity index (χ3n) is 1.20. The summed E-state index contributed by atoms with van der Waals surface area (Å²) in [4.78, 5) is 19.5. The van der Waals surface area contributed by atoms with Gasteiger partial charge in [0.05, 0.1) is 13.0 Å². The Morgan fingerprint density at radius 3 is 2.54 bits per heavy atom. The maximum atomic E-state index is 10.8. The average Bonchev–Trinajstić information content (AvgIpc) is 2.02. The minimum atomic E-state index is -1.01. The molecule has 0 aromatic rings. The molecule has 0 saturated carbocycles. The quantitative estimate of drug-likeness (QED) is 0.452. The molecule has 0 aromatic carbocycles. The van der Waals surface area contributed by atoms with Crippen molar-refractivity contribution in [1.82, 2.24) is 0 Å². The van der Waals surface area contributed by atoms with E-state index in [1.807, 2.05) is 13.8 Å². The summed E-state index contributed by atoms with van der Waals surface area (Å²) in [5, 5.41) is 17.2. The molecule has 0 fully saturated rings. The molecule has 5 heteroatoms. The van der Waals surface area contributed by atoms with E-state index in [4.69, 9.17) is 10.2 Å². The zero-order chi connectivity index (χ0) is 10.3. The molecule has 0 aliphatic heterocycles. The van der Waals surface area contributed by atoms with E-state index in [1.165, 1.54) is 0 Å². The van der Waals surface area contributed by atoms with Gasteiger partial charge in [-0.1, -0.05) is 13.8 Å². The SMILES string of the molecule is CC(C)CC(=O)OOCC(O)CO. The molecular weight excluding hydrogens is 176 g/mol. The fourth-order valence-corrected chi connectivity index (χ4v) is 0.598. The highest BCUT2D eigenvalue weighted by molar-refractivity contribution is 5.68. The van der Waals surface area contributed by atoms with Crippen LogP contribution in [-0.4, -0.2) is 35.5 Å². The van der Waals surface area contributed by atoms with Crippen LogP contribution in [0.5, 0.6) is 0 Å². The Labute approximate surface area is 77.2 Å². The number of aliphatic hydroxyl groups excluding tert-OH is 2. The number of rotatable bonds is 6. The molecule has 0 radical (unpaired) electrons. The van der Waals surface area contributed by atoms with Crippen LogP contribution in [0.3, 0.4) is 0 Å². The predicted octanol–water partition coefficient (Wildman–Crippen LogP) is -0.139. The first-order valence-electron chi connectivity index (χ1n) is 4.17. The smallest absolute Gasteiger partial charge is 0.342 e. The van der Waals surface area contributed by atoms with Crippen LogP contribution >= 0.6 is 0 Å². The Kier molecular flexibility index (Phi) is 6.48. The van der Waals surface area contributed by atoms with Crippen molar-refractivity contribution in [2.24, 2.45) is 5.92 Å². The molecule has 2 N–H and O–H groups in total. The predicted molar refractivity (Wildman–Crippen MR) is 44.6 cm³/mol. The molecule has 5 nitrogen and oxygen atoms in total. The highest BCUT2D eigenvalue weighted by Gasteiger charge is 2.08. The van der Waals surface area contributed by atoms with Crippen LogP contribution in [0.2, 0.25) is 0 Å². The third-order valence-corrected chi connectivity index (χ3v) is 1.20. The Hall–Kier alpha value is -0.650. The lowest BCUT2D eigenvalue weighted by Gasteiger charge is -2.07. The standard InChI is InChI=1S/C8H16O5/c1-6(2)3-8(11)13-12-5-7(10)4-9/h6-7,9-10H,3-5H2,1-2H3. The molecule has 0 saturated heterocycles. The van der Waals surface area contributed by atoms with Crippen LogP contribution in [0.1, 0.15) is 20.3 Å². The van der Waals surface area contributed by atoms with Gasteiger partial charge in [0.1, 0.15) is 12.7 Å². The van der Waals surface area contributed by atoms with Crippen molar-refractivity contribution in [3.05, 3.63) is 0 Å². The van der Waals surface area contributed by atoms with Crippen molar-refractivity contribution in [2.45, 2.75) is 26.4 Å². The van der Waals surface area contributed by atoms with Gasteiger partial charge in [-0.25, -0.2) is 4.79 Å². The summed E-state index contributed by atoms with van der Waals surface area (Å²) in [7, 11) is 0. The summed E-state index contributed by atoms with van der Waals surface area (Å²) in [6.07, 6.45) is -0.735. The second-order valence-corrected chi connectivity index (χ2v) is 3.17. The number of aliphatic hydroxyl groups is 2. The van der Waals surface area contributed by atoms with Crippen molar-refractivity contribution in [2.75, 3.05) is 13.2 Å². The second-order valence-electron chi connectivity index (χ2n) is 3.17. The monoisotopic (exact) mass is 192 g/mol. The van der Waals surface area contributed by atoms with Gasteiger partial charge in [-0.2, -0.15) is 4.89 Å². The van der Waals surface area contributed by atoms with Crippen LogP contribution in [0, 0.1) is 5.92 Å². The van der Waals surface area contributed by atoms with Gasteiger partial charge < -0.3 is 10.2 Å². The lowest BCUT2D eigenvalue weighted by atomic mass is 10.1. The molecule has 78 valence electrons. The largest absolute Gasteiger partial charge is 0.394 e. The molecule has 1 atom stereocenters. The Morgan fingerprint density at radius 1 is 1.46 bits per heavy atom. The first-order valence-corrected chi connectivity index (χ1v) is 4.17. The third kappa shape index (κ3) is 7.70. The molecule has 0 aromatic heterocycles. The molecule has 0 spiro atoms. The van der Waals surface area contributed by atoms with Crippen LogP contribution in [-0.2, 0) is 14.6 Å². The topological polar surface area (TPSA) is 76.0 Å². The van der Waals surface area contributed by atoms with Gasteiger partial charge >= 0.3 is 5.97 Å². The van der Waals surface area contributed by atoms with Crippen molar-refractivity contribution in [3.8, 4) is 0 Å². The zero-order valence-electron chi connectivity index (χ0n) is 7.90. The van der Waals surface area contributed by atoms with Gasteiger partial charge in [0, 0.05) is 0 Å². The molecule has 0 rings (SSSR count). The van der Waals surface area contributed by atoms with E-state index < -0.39 is 18.7 Å². The lowest BCUT2D eigenvalue weighted by molar-refractivity contribution is -0.283. The fraction of sp³-hybridized carbons (Fsp3) is 0.875. The van der Waals surface area contributed by atoms with E-state index in [0.717, 1.165) is 0 Å². The number of carbonyl (C=O) groups excluding carboxylic acids is 1. The van der Waals surface area contributed by atoms with Gasteiger partial charge in [0.25, 0.3) is 0 Å². The van der Waals surface area contributed by atoms with Crippen LogP contribution in [0.15, 0.2) is 0 Å². The molecule has 0 aliphatic carbocycles. The zero-order valence-corrected chi connectivity index (χ0v) is 7.90. The molecule has 13 heavy (non-hydrogen) atoms. The fourth-order valence-electron chi connectivity index (χ4n) is 0.598. The summed E-state index contributed by atoms with van der Waals surface area (Å²) in [5.74, 6) is -0.265. The van der Waals surface area contributed by atoms with Gasteiger partial charge in [0.15, 0.2) is 0 Å². The van der Waals surface area contributed by atoms with Crippen molar-refractivity contribution < 1.29 is 24.8 Å². The minimum Gasteiger partial charge on any atom is -0.394 e. The summed E-state index contributed by atoms with van der Waals surface area (Å²) < 4.78 is 0. The minimum absolute atomic E-state index is 0.207. The Morgan fingerprint density at radius 2 is 2.08 bits per heavy atom. The van der Waals surface area contributed by atoms with Crippen LogP contribution < -0.4 is 0 Å². The van der Waals surface area contributed by atoms with E-state index >= 15 is 0 Å². The van der Waals surface area contributed by atoms with E-state index in [9.17, 15) is 4.79 Å². The summed E-state index contributed by atoms with van der Waals surface area (Å²) >= 11 is 0. The van der Waals surface area contributed by atoms with E-state index in [-0.39, 0.29) is 18.9 Å². The Balaban J connectivity index is 3.37. The van der Waals surface area contributed by atoms with Crippen molar-refractivity contribution >= 4 is 5.97 Å². The van der Waals surface area contributed by atoms with Crippen molar-refractivity contribution in [1.29, 1.82) is 0 Å². The van der Waals surface area contributed by atoms with Gasteiger partial charge in [0.2, 0.25) is 0 Å². The van der Waals surface area contributed by atoms with E-state index in [0.29, 0.717) is 0 Å². The van der Waals surface area contributed by atoms with Crippen molar-refractivity contribution in [3.63, 3.8) is 0 Å². The second kappa shape index (κ2) is 6.82. The maximum Gasteiger partial charge on any atom is 0.342 e. The van der Waals surface area contributed by atoms with Gasteiger partial charge in [-0.3, -0.25) is 4.89 Å². The molecule has 0 heterocycles. The maximum absolute atomic E-state index is 10.8. The van der Waals surface area contributed by atoms with Gasteiger partial charge in [-0.05, 0) is 5.92 Å². The normalized spacial score (nSPS) is 13.0. The molecular formula is C8H16O5. The summed E-state index contributed by atoms with van der Waals surface area (Å²) in [6, 6.07) is 0. The highest BCUT2D eigenvalue weighted by Crippen LogP contribution is 2.01. The van der Waals surface area contributed by atoms with Crippen LogP contribution in [0.4, 0.5) is 0 Å². The lowest BCUT2D eigenvalue weighted by Crippen LogP contribution is -2.21. The number of hydrogen-bond donors (Lipinski definition) is 2. The molecule has 0 bridgehead atoms. The number of carbonyl (C=O) groups is 1.